The van der Waals surface area contributed by atoms with Crippen molar-refractivity contribution in [2.75, 3.05) is 45.9 Å². The van der Waals surface area contributed by atoms with Crippen molar-refractivity contribution in [2.45, 2.75) is 121 Å². The van der Waals surface area contributed by atoms with Crippen molar-refractivity contribution in [1.82, 2.24) is 30.1 Å². The summed E-state index contributed by atoms with van der Waals surface area (Å²) in [7, 11) is -4.25. The van der Waals surface area contributed by atoms with Crippen LogP contribution in [0, 0.1) is 17.8 Å². The third-order valence-corrected chi connectivity index (χ3v) is 12.9. The van der Waals surface area contributed by atoms with Crippen molar-refractivity contribution in [1.29, 1.82) is 0 Å². The molecule has 2 fully saturated rings. The summed E-state index contributed by atoms with van der Waals surface area (Å²) in [5.41, 5.74) is -0.652. The maximum Gasteiger partial charge on any atom is 0.410 e. The van der Waals surface area contributed by atoms with Crippen molar-refractivity contribution in [2.24, 2.45) is 17.8 Å². The SMILES string of the molecule is CCOC(=O)C(CNC(=O)CNC(=O)C(CCC1CCN(C(=O)OC(C)(C)C)CC1)CCC1CCN(C(=O)OC(C)(C)C)CC1)NS(=O)(=O)c1nc2ccccc2s1. The molecule has 2 aliphatic heterocycles. The molecule has 4 rings (SSSR count). The molecule has 2 aromatic rings. The van der Waals surface area contributed by atoms with Gasteiger partial charge in [0.05, 0.1) is 23.4 Å². The number of para-hydroxylation sites is 1. The van der Waals surface area contributed by atoms with E-state index in [1.807, 2.05) is 41.5 Å². The van der Waals surface area contributed by atoms with Gasteiger partial charge in [0.2, 0.25) is 16.2 Å². The molecule has 3 N–H and O–H groups in total. The monoisotopic (exact) mass is 850 g/mol. The summed E-state index contributed by atoms with van der Waals surface area (Å²) in [6.45, 7) is 14.2. The number of amides is 4. The highest BCUT2D eigenvalue weighted by atomic mass is 32.2. The van der Waals surface area contributed by atoms with E-state index in [9.17, 15) is 32.4 Å². The van der Waals surface area contributed by atoms with Crippen LogP contribution in [0.5, 0.6) is 0 Å². The zero-order valence-corrected chi connectivity index (χ0v) is 36.6. The van der Waals surface area contributed by atoms with E-state index in [0.29, 0.717) is 61.1 Å². The van der Waals surface area contributed by atoms with Gasteiger partial charge in [-0.15, -0.1) is 11.3 Å². The van der Waals surface area contributed by atoms with Crippen LogP contribution >= 0.6 is 11.3 Å². The van der Waals surface area contributed by atoms with Gasteiger partial charge < -0.3 is 34.6 Å². The molecule has 2 aliphatic rings. The molecule has 18 heteroatoms. The van der Waals surface area contributed by atoms with Crippen molar-refractivity contribution in [3.63, 3.8) is 0 Å². The fourth-order valence-electron chi connectivity index (χ4n) is 6.95. The molecule has 0 aliphatic carbocycles. The molecule has 1 aromatic carbocycles. The largest absolute Gasteiger partial charge is 0.465 e. The first kappa shape index (κ1) is 46.7. The molecular formula is C40H62N6O10S2. The third kappa shape index (κ3) is 15.0. The van der Waals surface area contributed by atoms with Gasteiger partial charge in [0.1, 0.15) is 17.2 Å². The lowest BCUT2D eigenvalue weighted by Gasteiger charge is -2.34. The Labute approximate surface area is 346 Å². The summed E-state index contributed by atoms with van der Waals surface area (Å²) in [5.74, 6) is -1.49. The van der Waals surface area contributed by atoms with Crippen molar-refractivity contribution < 1.29 is 46.6 Å². The molecule has 2 saturated heterocycles. The highest BCUT2D eigenvalue weighted by Gasteiger charge is 2.32. The Morgan fingerprint density at radius 1 is 0.828 bits per heavy atom. The number of hydrogen-bond donors (Lipinski definition) is 3. The number of likely N-dealkylation sites (tertiary alicyclic amines) is 2. The van der Waals surface area contributed by atoms with Crippen molar-refractivity contribution >= 4 is 61.5 Å². The van der Waals surface area contributed by atoms with E-state index in [1.165, 1.54) is 0 Å². The number of thiazole rings is 1. The molecule has 58 heavy (non-hydrogen) atoms. The highest BCUT2D eigenvalue weighted by molar-refractivity contribution is 7.91. The number of nitrogens with one attached hydrogen (secondary N) is 3. The predicted molar refractivity (Wildman–Crippen MR) is 219 cm³/mol. The van der Waals surface area contributed by atoms with Crippen LogP contribution in [0.2, 0.25) is 0 Å². The lowest BCUT2D eigenvalue weighted by molar-refractivity contribution is -0.145. The lowest BCUT2D eigenvalue weighted by Crippen LogP contribution is -2.50. The average molecular weight is 851 g/mol. The molecule has 1 unspecified atom stereocenters. The molecule has 0 bridgehead atoms. The molecule has 1 atom stereocenters. The standard InChI is InChI=1S/C40H62N6O10S2/c1-8-54-35(49)31(44-58(52,53)36-43-30-11-9-10-12-32(30)57-36)25-41-33(47)26-42-34(48)29(15-13-27-17-21-45(22-18-27)37(50)55-39(2,3)4)16-14-28-19-23-46(24-20-28)38(51)56-40(5,6)7/h9-12,27-29,31,44H,8,13-26H2,1-7H3,(H,41,47)(H,42,48). The lowest BCUT2D eigenvalue weighted by atomic mass is 9.84. The zero-order chi connectivity index (χ0) is 42.7. The minimum Gasteiger partial charge on any atom is -0.465 e. The van der Waals surface area contributed by atoms with E-state index >= 15 is 0 Å². The molecule has 4 amide bonds. The van der Waals surface area contributed by atoms with Gasteiger partial charge in [-0.2, -0.15) is 4.72 Å². The summed E-state index contributed by atoms with van der Waals surface area (Å²) in [5, 5.41) is 5.32. The summed E-state index contributed by atoms with van der Waals surface area (Å²) < 4.78 is 45.3. The molecular weight excluding hydrogens is 789 g/mol. The molecule has 3 heterocycles. The zero-order valence-electron chi connectivity index (χ0n) is 35.0. The number of ether oxygens (including phenoxy) is 3. The first-order chi connectivity index (χ1) is 27.2. The minimum absolute atomic E-state index is 0.00466. The van der Waals surface area contributed by atoms with Crippen LogP contribution in [-0.4, -0.2) is 116 Å². The van der Waals surface area contributed by atoms with Crippen molar-refractivity contribution in [3.8, 4) is 0 Å². The van der Waals surface area contributed by atoms with Crippen LogP contribution in [0.25, 0.3) is 10.2 Å². The van der Waals surface area contributed by atoms with E-state index in [0.717, 1.165) is 49.9 Å². The summed E-state index contributed by atoms with van der Waals surface area (Å²) in [6, 6.07) is 5.49. The van der Waals surface area contributed by atoms with E-state index in [-0.39, 0.29) is 41.5 Å². The number of hydrogen-bond acceptors (Lipinski definition) is 12. The van der Waals surface area contributed by atoms with Crippen LogP contribution in [0.15, 0.2) is 28.6 Å². The molecule has 0 spiro atoms. The second kappa shape index (κ2) is 20.8. The van der Waals surface area contributed by atoms with Gasteiger partial charge in [0.25, 0.3) is 10.0 Å². The summed E-state index contributed by atoms with van der Waals surface area (Å²) in [4.78, 5) is 72.3. The fraction of sp³-hybridized carbons (Fsp3) is 0.700. The second-order valence-electron chi connectivity index (χ2n) is 17.1. The number of piperidine rings is 2. The maximum absolute atomic E-state index is 13.7. The number of aromatic nitrogens is 1. The quantitative estimate of drug-likeness (QED) is 0.148. The van der Waals surface area contributed by atoms with Gasteiger partial charge in [0.15, 0.2) is 0 Å². The Balaban J connectivity index is 1.32. The number of carbonyl (C=O) groups excluding carboxylic acids is 5. The van der Waals surface area contributed by atoms with Crippen LogP contribution in [-0.2, 0) is 38.6 Å². The van der Waals surface area contributed by atoms with Crippen LogP contribution in [0.3, 0.4) is 0 Å². The molecule has 324 valence electrons. The number of carbonyl (C=O) groups is 5. The van der Waals surface area contributed by atoms with Crippen LogP contribution in [0.4, 0.5) is 9.59 Å². The number of benzene rings is 1. The maximum atomic E-state index is 13.7. The number of nitrogens with zero attached hydrogens (tertiary/aromatic N) is 3. The Kier molecular flexibility index (Phi) is 16.7. The molecule has 16 nitrogen and oxygen atoms in total. The van der Waals surface area contributed by atoms with Crippen LogP contribution in [0.1, 0.15) is 99.8 Å². The Bertz CT molecular complexity index is 1740. The number of sulfonamides is 1. The fourth-order valence-corrected chi connectivity index (χ4v) is 9.37. The topological polar surface area (TPSA) is 203 Å². The van der Waals surface area contributed by atoms with Crippen molar-refractivity contribution in [3.05, 3.63) is 24.3 Å². The molecule has 1 aromatic heterocycles. The molecule has 0 radical (unpaired) electrons. The van der Waals surface area contributed by atoms with E-state index in [2.05, 4.69) is 20.3 Å². The summed E-state index contributed by atoms with van der Waals surface area (Å²) >= 11 is 0.951. The Morgan fingerprint density at radius 2 is 1.34 bits per heavy atom. The smallest absolute Gasteiger partial charge is 0.410 e. The Hall–Kier alpha value is -4.03. The third-order valence-electron chi connectivity index (χ3n) is 10.0. The first-order valence-corrected chi connectivity index (χ1v) is 22.6. The van der Waals surface area contributed by atoms with Gasteiger partial charge in [0, 0.05) is 38.6 Å². The van der Waals surface area contributed by atoms with Gasteiger partial charge >= 0.3 is 18.2 Å². The number of fused-ring (bicyclic) bond motifs is 1. The van der Waals surface area contributed by atoms with Gasteiger partial charge in [-0.05, 0) is 124 Å². The predicted octanol–water partition coefficient (Wildman–Crippen LogP) is 5.21. The van der Waals surface area contributed by atoms with E-state index in [1.54, 1.807) is 41.0 Å². The number of rotatable bonds is 16. The minimum atomic E-state index is -4.25. The van der Waals surface area contributed by atoms with Gasteiger partial charge in [-0.25, -0.2) is 23.0 Å². The number of esters is 1. The average Bonchev–Trinajstić information content (AvgIpc) is 3.60. The van der Waals surface area contributed by atoms with Crippen LogP contribution < -0.4 is 15.4 Å². The normalized spacial score (nSPS) is 16.6. The van der Waals surface area contributed by atoms with E-state index in [4.69, 9.17) is 14.2 Å². The first-order valence-electron chi connectivity index (χ1n) is 20.3. The Morgan fingerprint density at radius 3 is 1.83 bits per heavy atom. The summed E-state index contributed by atoms with van der Waals surface area (Å²) in [6.07, 6.45) is 5.29. The molecule has 0 saturated carbocycles. The highest BCUT2D eigenvalue weighted by Crippen LogP contribution is 2.30. The second-order valence-corrected chi connectivity index (χ2v) is 20.0. The van der Waals surface area contributed by atoms with E-state index < -0.39 is 45.7 Å². The van der Waals surface area contributed by atoms with Gasteiger partial charge in [-0.3, -0.25) is 14.4 Å². The van der Waals surface area contributed by atoms with Gasteiger partial charge in [-0.1, -0.05) is 12.1 Å².